The van der Waals surface area contributed by atoms with Crippen LogP contribution in [0.2, 0.25) is 25.1 Å². The zero-order valence-corrected chi connectivity index (χ0v) is 14.0. The first kappa shape index (κ1) is 14.4. The third-order valence-corrected chi connectivity index (χ3v) is 5.71. The van der Waals surface area contributed by atoms with E-state index in [4.69, 9.17) is 81.2 Å². The Morgan fingerprint density at radius 2 is 1.11 bits per heavy atom. The molecular weight excluding hydrogens is 392 g/mol. The van der Waals surface area contributed by atoms with Crippen molar-refractivity contribution in [3.63, 3.8) is 0 Å². The van der Waals surface area contributed by atoms with Crippen LogP contribution in [0.3, 0.4) is 0 Å². The standard InChI is InChI=1S/C12HCl7/c13-2-1-3(14)5-6-4(2)8(15)10(17)7(6)11(18)12(19)9(5)16/h1H. The first-order valence-corrected chi connectivity index (χ1v) is 7.55. The van der Waals surface area contributed by atoms with Crippen molar-refractivity contribution in [1.82, 2.24) is 0 Å². The Morgan fingerprint density at radius 3 is 1.74 bits per heavy atom. The topological polar surface area (TPSA) is 0 Å². The number of hydrogen-bond acceptors (Lipinski definition) is 0. The Morgan fingerprint density at radius 1 is 0.526 bits per heavy atom. The van der Waals surface area contributed by atoms with Crippen LogP contribution in [0.25, 0.3) is 20.8 Å². The molecule has 3 rings (SSSR count). The molecule has 1 aliphatic rings. The average Bonchev–Trinajstić information content (AvgIpc) is 2.59. The highest BCUT2D eigenvalue weighted by Gasteiger charge is 2.31. The third kappa shape index (κ3) is 1.82. The van der Waals surface area contributed by atoms with Gasteiger partial charge in [0.1, 0.15) is 0 Å². The summed E-state index contributed by atoms with van der Waals surface area (Å²) in [5, 5.41) is 3.19. The minimum absolute atomic E-state index is 0.186. The normalized spacial score (nSPS) is 13.8. The summed E-state index contributed by atoms with van der Waals surface area (Å²) in [4.78, 5) is 0. The van der Waals surface area contributed by atoms with Crippen molar-refractivity contribution in [2.75, 3.05) is 0 Å². The van der Waals surface area contributed by atoms with Gasteiger partial charge in [0.2, 0.25) is 0 Å². The molecule has 0 bridgehead atoms. The second kappa shape index (κ2) is 4.74. The van der Waals surface area contributed by atoms with Gasteiger partial charge >= 0.3 is 0 Å². The summed E-state index contributed by atoms with van der Waals surface area (Å²) >= 11 is 43.3. The van der Waals surface area contributed by atoms with Crippen molar-refractivity contribution >= 4 is 102 Å². The molecule has 19 heavy (non-hydrogen) atoms. The maximum atomic E-state index is 6.21. The number of benzene rings is 2. The predicted octanol–water partition coefficient (Wildman–Crippen LogP) is 7.72. The molecule has 0 atom stereocenters. The lowest BCUT2D eigenvalue weighted by Crippen LogP contribution is -1.88. The van der Waals surface area contributed by atoms with Crippen LogP contribution in [0.5, 0.6) is 0 Å². The lowest BCUT2D eigenvalue weighted by molar-refractivity contribution is 1.70. The Hall–Kier alpha value is 0.470. The number of halogens is 7. The van der Waals surface area contributed by atoms with Crippen molar-refractivity contribution < 1.29 is 0 Å². The van der Waals surface area contributed by atoms with E-state index in [1.807, 2.05) is 0 Å². The van der Waals surface area contributed by atoms with Crippen molar-refractivity contribution in [1.29, 1.82) is 0 Å². The van der Waals surface area contributed by atoms with Gasteiger partial charge in [-0.1, -0.05) is 81.2 Å². The highest BCUT2D eigenvalue weighted by Crippen LogP contribution is 2.56. The Labute approximate surface area is 143 Å². The van der Waals surface area contributed by atoms with Gasteiger partial charge in [0.05, 0.1) is 35.2 Å². The van der Waals surface area contributed by atoms with Crippen LogP contribution in [0.1, 0.15) is 11.1 Å². The van der Waals surface area contributed by atoms with E-state index in [0.29, 0.717) is 37.0 Å². The van der Waals surface area contributed by atoms with Crippen LogP contribution < -0.4 is 0 Å². The quantitative estimate of drug-likeness (QED) is 0.402. The summed E-state index contributed by atoms with van der Waals surface area (Å²) in [6.45, 7) is 0. The lowest BCUT2D eigenvalue weighted by Gasteiger charge is -2.12. The molecule has 1 aliphatic carbocycles. The average molecular weight is 393 g/mol. The molecule has 0 saturated heterocycles. The largest absolute Gasteiger partial charge is 0.0835 e. The summed E-state index contributed by atoms with van der Waals surface area (Å²) in [6, 6.07) is 1.55. The van der Waals surface area contributed by atoms with Gasteiger partial charge in [0.15, 0.2) is 0 Å². The second-order valence-corrected chi connectivity index (χ2v) is 6.61. The summed E-state index contributed by atoms with van der Waals surface area (Å²) in [6.07, 6.45) is 0. The molecular formula is C12HCl7. The van der Waals surface area contributed by atoms with Gasteiger partial charge in [-0.05, 0) is 6.07 Å². The van der Waals surface area contributed by atoms with Gasteiger partial charge in [0.25, 0.3) is 0 Å². The van der Waals surface area contributed by atoms with Crippen LogP contribution >= 0.6 is 81.2 Å². The van der Waals surface area contributed by atoms with E-state index in [-0.39, 0.29) is 20.1 Å². The highest BCUT2D eigenvalue weighted by atomic mass is 35.5. The summed E-state index contributed by atoms with van der Waals surface area (Å²) in [5.41, 5.74) is 1.08. The number of hydrogen-bond donors (Lipinski definition) is 0. The van der Waals surface area contributed by atoms with Crippen molar-refractivity contribution in [2.45, 2.75) is 0 Å². The fourth-order valence-corrected chi connectivity index (χ4v) is 4.33. The Kier molecular flexibility index (Phi) is 3.60. The second-order valence-electron chi connectivity index (χ2n) is 3.91. The molecule has 2 aromatic rings. The molecule has 0 N–H and O–H groups in total. The van der Waals surface area contributed by atoms with E-state index in [9.17, 15) is 0 Å². The minimum atomic E-state index is 0.186. The predicted molar refractivity (Wildman–Crippen MR) is 87.5 cm³/mol. The van der Waals surface area contributed by atoms with E-state index < -0.39 is 0 Å². The van der Waals surface area contributed by atoms with Crippen molar-refractivity contribution in [2.24, 2.45) is 0 Å². The highest BCUT2D eigenvalue weighted by molar-refractivity contribution is 6.71. The van der Waals surface area contributed by atoms with Crippen LogP contribution in [0, 0.1) is 0 Å². The number of rotatable bonds is 0. The van der Waals surface area contributed by atoms with E-state index in [0.717, 1.165) is 0 Å². The zero-order chi connectivity index (χ0) is 14.1. The monoisotopic (exact) mass is 390 g/mol. The van der Waals surface area contributed by atoms with E-state index in [1.54, 1.807) is 6.07 Å². The first-order valence-electron chi connectivity index (χ1n) is 4.90. The van der Waals surface area contributed by atoms with Gasteiger partial charge in [-0.2, -0.15) is 0 Å². The molecule has 0 heterocycles. The first-order chi connectivity index (χ1) is 8.86. The van der Waals surface area contributed by atoms with Crippen LogP contribution in [0.15, 0.2) is 6.07 Å². The van der Waals surface area contributed by atoms with Gasteiger partial charge in [-0.15, -0.1) is 0 Å². The van der Waals surface area contributed by atoms with E-state index in [2.05, 4.69) is 0 Å². The van der Waals surface area contributed by atoms with Gasteiger partial charge in [0, 0.05) is 21.9 Å². The fraction of sp³-hybridized carbons (Fsp3) is 0. The molecule has 7 heteroatoms. The molecule has 0 aromatic heterocycles. The molecule has 0 aliphatic heterocycles. The van der Waals surface area contributed by atoms with Crippen LogP contribution in [0.4, 0.5) is 0 Å². The van der Waals surface area contributed by atoms with E-state index in [1.165, 1.54) is 0 Å². The van der Waals surface area contributed by atoms with E-state index >= 15 is 0 Å². The maximum absolute atomic E-state index is 6.21. The van der Waals surface area contributed by atoms with Crippen LogP contribution in [-0.4, -0.2) is 0 Å². The molecule has 0 radical (unpaired) electrons. The van der Waals surface area contributed by atoms with Crippen molar-refractivity contribution in [3.05, 3.63) is 42.3 Å². The molecule has 0 spiro atoms. The molecule has 2 aromatic carbocycles. The maximum Gasteiger partial charge on any atom is 0.0792 e. The molecule has 0 fully saturated rings. The summed E-state index contributed by atoms with van der Waals surface area (Å²) in [7, 11) is 0. The van der Waals surface area contributed by atoms with Gasteiger partial charge in [-0.25, -0.2) is 0 Å². The summed E-state index contributed by atoms with van der Waals surface area (Å²) in [5.74, 6) is 0. The third-order valence-electron chi connectivity index (χ3n) is 2.94. The molecule has 0 unspecified atom stereocenters. The molecule has 98 valence electrons. The molecule has 0 nitrogen and oxygen atoms in total. The molecule has 0 amide bonds. The Bertz CT molecular complexity index is 789. The van der Waals surface area contributed by atoms with Gasteiger partial charge in [-0.3, -0.25) is 0 Å². The zero-order valence-electron chi connectivity index (χ0n) is 8.72. The SMILES string of the molecule is ClC1=C(Cl)c2c(Cl)c(Cl)c(Cl)c3c(Cl)cc(Cl)c1c23. The molecule has 0 saturated carbocycles. The Balaban J connectivity index is 2.71. The van der Waals surface area contributed by atoms with Gasteiger partial charge < -0.3 is 0 Å². The minimum Gasteiger partial charge on any atom is -0.0835 e. The fourth-order valence-electron chi connectivity index (χ4n) is 2.15. The van der Waals surface area contributed by atoms with Crippen molar-refractivity contribution in [3.8, 4) is 0 Å². The summed E-state index contributed by atoms with van der Waals surface area (Å²) < 4.78 is 0. The smallest absolute Gasteiger partial charge is 0.0792 e. The van der Waals surface area contributed by atoms with Crippen LogP contribution in [-0.2, 0) is 0 Å². The lowest BCUT2D eigenvalue weighted by atomic mass is 10.0.